The first-order valence-corrected chi connectivity index (χ1v) is 6.96. The number of benzene rings is 1. The molecule has 0 spiro atoms. The number of aliphatic carboxylic acids is 1. The van der Waals surface area contributed by atoms with Gasteiger partial charge >= 0.3 is 5.97 Å². The smallest absolute Gasteiger partial charge is 0.326 e. The van der Waals surface area contributed by atoms with Crippen molar-refractivity contribution in [3.63, 3.8) is 0 Å². The highest BCUT2D eigenvalue weighted by atomic mass is 16.5. The molecule has 0 aliphatic carbocycles. The average Bonchev–Trinajstić information content (AvgIpc) is 2.47. The van der Waals surface area contributed by atoms with Crippen molar-refractivity contribution in [1.82, 2.24) is 5.32 Å². The summed E-state index contributed by atoms with van der Waals surface area (Å²) in [6.07, 6.45) is 3.67. The van der Waals surface area contributed by atoms with Gasteiger partial charge in [0.25, 0.3) is 5.91 Å². The molecule has 2 N–H and O–H groups in total. The number of unbranched alkanes of at least 4 members (excludes halogenated alkanes) is 1. The summed E-state index contributed by atoms with van der Waals surface area (Å²) in [6.45, 7) is 6.20. The standard InChI is InChI=1S/C16H21NO4/c1-3-5-11-21-13-9-7-12(8-10-13)15(18)17-14(6-4-2)16(19)20/h4,7-10,14H,2-3,5-6,11H2,1H3,(H,17,18)(H,19,20). The molecular weight excluding hydrogens is 270 g/mol. The topological polar surface area (TPSA) is 75.6 Å². The van der Waals surface area contributed by atoms with Crippen molar-refractivity contribution in [1.29, 1.82) is 0 Å². The van der Waals surface area contributed by atoms with Gasteiger partial charge in [0, 0.05) is 5.56 Å². The predicted molar refractivity (Wildman–Crippen MR) is 80.5 cm³/mol. The Labute approximate surface area is 124 Å². The summed E-state index contributed by atoms with van der Waals surface area (Å²) in [5.74, 6) is -0.812. The van der Waals surface area contributed by atoms with Gasteiger partial charge in [0.1, 0.15) is 11.8 Å². The molecule has 0 radical (unpaired) electrons. The van der Waals surface area contributed by atoms with E-state index in [1.807, 2.05) is 0 Å². The van der Waals surface area contributed by atoms with Crippen LogP contribution in [0.3, 0.4) is 0 Å². The quantitative estimate of drug-likeness (QED) is 0.541. The first-order chi connectivity index (χ1) is 10.1. The molecule has 0 heterocycles. The van der Waals surface area contributed by atoms with E-state index in [9.17, 15) is 9.59 Å². The fourth-order valence-electron chi connectivity index (χ4n) is 1.67. The lowest BCUT2D eigenvalue weighted by atomic mass is 10.1. The lowest BCUT2D eigenvalue weighted by molar-refractivity contribution is -0.139. The zero-order chi connectivity index (χ0) is 15.7. The Bertz CT molecular complexity index is 482. The molecule has 1 rings (SSSR count). The van der Waals surface area contributed by atoms with Crippen LogP contribution in [0, 0.1) is 0 Å². The molecule has 0 aliphatic heterocycles. The van der Waals surface area contributed by atoms with Gasteiger partial charge in [-0.25, -0.2) is 4.79 Å². The van der Waals surface area contributed by atoms with Gasteiger partial charge in [-0.15, -0.1) is 6.58 Å². The normalized spacial score (nSPS) is 11.5. The number of rotatable bonds is 9. The van der Waals surface area contributed by atoms with Crippen molar-refractivity contribution < 1.29 is 19.4 Å². The summed E-state index contributed by atoms with van der Waals surface area (Å²) in [5.41, 5.74) is 0.396. The van der Waals surface area contributed by atoms with Crippen molar-refractivity contribution in [3.8, 4) is 5.75 Å². The lowest BCUT2D eigenvalue weighted by Crippen LogP contribution is -2.40. The Kier molecular flexibility index (Phi) is 7.01. The molecule has 0 aromatic heterocycles. The molecule has 1 unspecified atom stereocenters. The Morgan fingerprint density at radius 1 is 1.38 bits per heavy atom. The Morgan fingerprint density at radius 2 is 2.05 bits per heavy atom. The minimum Gasteiger partial charge on any atom is -0.494 e. The average molecular weight is 291 g/mol. The summed E-state index contributed by atoms with van der Waals surface area (Å²) in [5, 5.41) is 11.4. The maximum absolute atomic E-state index is 12.0. The third-order valence-electron chi connectivity index (χ3n) is 2.89. The second kappa shape index (κ2) is 8.79. The van der Waals surface area contributed by atoms with Gasteiger partial charge < -0.3 is 15.2 Å². The van der Waals surface area contributed by atoms with Gasteiger partial charge in [0.2, 0.25) is 0 Å². The molecule has 1 aromatic carbocycles. The number of hydrogen-bond acceptors (Lipinski definition) is 3. The van der Waals surface area contributed by atoms with Gasteiger partial charge in [0.05, 0.1) is 6.61 Å². The molecule has 1 amide bonds. The van der Waals surface area contributed by atoms with Crippen LogP contribution in [0.25, 0.3) is 0 Å². The number of nitrogens with one attached hydrogen (secondary N) is 1. The number of carboxylic acids is 1. The highest BCUT2D eigenvalue weighted by Gasteiger charge is 2.18. The molecule has 0 saturated heterocycles. The van der Waals surface area contributed by atoms with E-state index < -0.39 is 17.9 Å². The number of ether oxygens (including phenoxy) is 1. The second-order valence-electron chi connectivity index (χ2n) is 4.62. The van der Waals surface area contributed by atoms with Crippen molar-refractivity contribution in [2.24, 2.45) is 0 Å². The fraction of sp³-hybridized carbons (Fsp3) is 0.375. The van der Waals surface area contributed by atoms with E-state index >= 15 is 0 Å². The third-order valence-corrected chi connectivity index (χ3v) is 2.89. The van der Waals surface area contributed by atoms with Crippen LogP contribution in [0.15, 0.2) is 36.9 Å². The van der Waals surface area contributed by atoms with E-state index in [0.717, 1.165) is 12.8 Å². The molecule has 1 atom stereocenters. The zero-order valence-electron chi connectivity index (χ0n) is 12.2. The van der Waals surface area contributed by atoms with Gasteiger partial charge in [-0.05, 0) is 37.1 Å². The van der Waals surface area contributed by atoms with Gasteiger partial charge in [-0.2, -0.15) is 0 Å². The van der Waals surface area contributed by atoms with Crippen LogP contribution in [0.4, 0.5) is 0 Å². The van der Waals surface area contributed by atoms with Crippen molar-refractivity contribution in [2.45, 2.75) is 32.2 Å². The number of carbonyl (C=O) groups excluding carboxylic acids is 1. The van der Waals surface area contributed by atoms with Crippen LogP contribution in [-0.2, 0) is 4.79 Å². The summed E-state index contributed by atoms with van der Waals surface area (Å²) in [6, 6.07) is 5.67. The minimum atomic E-state index is -1.08. The maximum atomic E-state index is 12.0. The molecule has 5 heteroatoms. The van der Waals surface area contributed by atoms with E-state index in [4.69, 9.17) is 9.84 Å². The van der Waals surface area contributed by atoms with Crippen molar-refractivity contribution in [2.75, 3.05) is 6.61 Å². The molecule has 114 valence electrons. The van der Waals surface area contributed by atoms with Crippen LogP contribution in [0.2, 0.25) is 0 Å². The highest BCUT2D eigenvalue weighted by Crippen LogP contribution is 2.13. The first kappa shape index (κ1) is 16.8. The van der Waals surface area contributed by atoms with Crippen LogP contribution < -0.4 is 10.1 Å². The zero-order valence-corrected chi connectivity index (χ0v) is 12.2. The SMILES string of the molecule is C=CCC(NC(=O)c1ccc(OCCCC)cc1)C(=O)O. The fourth-order valence-corrected chi connectivity index (χ4v) is 1.67. The summed E-state index contributed by atoms with van der Waals surface area (Å²) in [7, 11) is 0. The molecule has 1 aromatic rings. The van der Waals surface area contributed by atoms with Gasteiger partial charge in [-0.3, -0.25) is 4.79 Å². The van der Waals surface area contributed by atoms with E-state index in [2.05, 4.69) is 18.8 Å². The maximum Gasteiger partial charge on any atom is 0.326 e. The minimum absolute atomic E-state index is 0.180. The highest BCUT2D eigenvalue weighted by molar-refractivity contribution is 5.96. The Morgan fingerprint density at radius 3 is 2.57 bits per heavy atom. The Hall–Kier alpha value is -2.30. The summed E-state index contributed by atoms with van der Waals surface area (Å²) >= 11 is 0. The summed E-state index contributed by atoms with van der Waals surface area (Å²) in [4.78, 5) is 22.9. The number of carboxylic acid groups (broad SMARTS) is 1. The largest absolute Gasteiger partial charge is 0.494 e. The van der Waals surface area contributed by atoms with Gasteiger partial charge in [-0.1, -0.05) is 19.4 Å². The lowest BCUT2D eigenvalue weighted by Gasteiger charge is -2.13. The van der Waals surface area contributed by atoms with Crippen LogP contribution in [0.1, 0.15) is 36.5 Å². The molecule has 0 fully saturated rings. The molecular formula is C16H21NO4. The van der Waals surface area contributed by atoms with E-state index in [1.165, 1.54) is 6.08 Å². The van der Waals surface area contributed by atoms with Crippen molar-refractivity contribution in [3.05, 3.63) is 42.5 Å². The summed E-state index contributed by atoms with van der Waals surface area (Å²) < 4.78 is 5.50. The van der Waals surface area contributed by atoms with Crippen molar-refractivity contribution >= 4 is 11.9 Å². The Balaban J connectivity index is 2.61. The van der Waals surface area contributed by atoms with Crippen LogP contribution in [-0.4, -0.2) is 29.6 Å². The predicted octanol–water partition coefficient (Wildman–Crippen LogP) is 2.62. The second-order valence-corrected chi connectivity index (χ2v) is 4.62. The number of hydrogen-bond donors (Lipinski definition) is 2. The van der Waals surface area contributed by atoms with Crippen LogP contribution >= 0.6 is 0 Å². The van der Waals surface area contributed by atoms with E-state index in [-0.39, 0.29) is 6.42 Å². The molecule has 0 aliphatic rings. The molecule has 0 saturated carbocycles. The third kappa shape index (κ3) is 5.69. The van der Waals surface area contributed by atoms with Crippen LogP contribution in [0.5, 0.6) is 5.75 Å². The van der Waals surface area contributed by atoms with E-state index in [0.29, 0.717) is 17.9 Å². The molecule has 0 bridgehead atoms. The molecule has 21 heavy (non-hydrogen) atoms. The first-order valence-electron chi connectivity index (χ1n) is 6.96. The van der Waals surface area contributed by atoms with Gasteiger partial charge in [0.15, 0.2) is 0 Å². The monoisotopic (exact) mass is 291 g/mol. The number of carbonyl (C=O) groups is 2. The number of amides is 1. The molecule has 5 nitrogen and oxygen atoms in total. The van der Waals surface area contributed by atoms with E-state index in [1.54, 1.807) is 24.3 Å².